The first-order chi connectivity index (χ1) is 14.9. The number of nitrogens with zero attached hydrogens (tertiary/aromatic N) is 1. The van der Waals surface area contributed by atoms with Crippen LogP contribution in [-0.2, 0) is 16.4 Å². The second kappa shape index (κ2) is 8.43. The highest BCUT2D eigenvalue weighted by molar-refractivity contribution is 7.92. The van der Waals surface area contributed by atoms with E-state index in [1.54, 1.807) is 53.4 Å². The standard InChI is InChI=1S/C24H24N2O4S/c1-3-30-23-12-8-7-11-21(23)25-31(28,29)20-13-14-22-19(16-20)15-17(2)26(22)24(27)18-9-5-4-6-10-18/h4-14,16-17,25H,3,15H2,1-2H3/t17-/m0/s1. The zero-order valence-corrected chi connectivity index (χ0v) is 18.2. The fraction of sp³-hybridized carbons (Fsp3) is 0.208. The molecule has 3 aromatic carbocycles. The van der Waals surface area contributed by atoms with Crippen LogP contribution in [0.25, 0.3) is 0 Å². The van der Waals surface area contributed by atoms with Crippen LogP contribution in [0.15, 0.2) is 77.7 Å². The van der Waals surface area contributed by atoms with E-state index in [1.807, 2.05) is 32.0 Å². The van der Waals surface area contributed by atoms with Gasteiger partial charge in [0.25, 0.3) is 15.9 Å². The molecule has 0 fully saturated rings. The molecule has 7 heteroatoms. The maximum Gasteiger partial charge on any atom is 0.262 e. The highest BCUT2D eigenvalue weighted by atomic mass is 32.2. The van der Waals surface area contributed by atoms with E-state index in [9.17, 15) is 13.2 Å². The third-order valence-corrected chi connectivity index (χ3v) is 6.61. The molecule has 0 bridgehead atoms. The smallest absolute Gasteiger partial charge is 0.262 e. The van der Waals surface area contributed by atoms with Crippen LogP contribution >= 0.6 is 0 Å². The largest absolute Gasteiger partial charge is 0.492 e. The highest BCUT2D eigenvalue weighted by Gasteiger charge is 2.32. The fourth-order valence-corrected chi connectivity index (χ4v) is 4.96. The molecular weight excluding hydrogens is 412 g/mol. The molecule has 1 amide bonds. The van der Waals surface area contributed by atoms with Crippen molar-refractivity contribution in [2.45, 2.75) is 31.2 Å². The van der Waals surface area contributed by atoms with Gasteiger partial charge in [-0.3, -0.25) is 9.52 Å². The Morgan fingerprint density at radius 2 is 1.77 bits per heavy atom. The molecule has 0 aliphatic carbocycles. The number of para-hydroxylation sites is 2. The number of sulfonamides is 1. The minimum Gasteiger partial charge on any atom is -0.492 e. The molecule has 0 saturated heterocycles. The number of fused-ring (bicyclic) bond motifs is 1. The molecule has 6 nitrogen and oxygen atoms in total. The van der Waals surface area contributed by atoms with Crippen molar-refractivity contribution in [1.29, 1.82) is 0 Å². The molecule has 1 N–H and O–H groups in total. The molecule has 4 rings (SSSR count). The number of benzene rings is 3. The lowest BCUT2D eigenvalue weighted by atomic mass is 10.1. The molecule has 3 aromatic rings. The van der Waals surface area contributed by atoms with Crippen molar-refractivity contribution < 1.29 is 17.9 Å². The number of carbonyl (C=O) groups is 1. The first-order valence-corrected chi connectivity index (χ1v) is 11.6. The van der Waals surface area contributed by atoms with Gasteiger partial charge in [-0.05, 0) is 68.3 Å². The summed E-state index contributed by atoms with van der Waals surface area (Å²) in [6.07, 6.45) is 0.590. The molecule has 0 unspecified atom stereocenters. The van der Waals surface area contributed by atoms with Crippen LogP contribution in [-0.4, -0.2) is 27.0 Å². The Bertz CT molecular complexity index is 1210. The van der Waals surface area contributed by atoms with Crippen molar-refractivity contribution in [1.82, 2.24) is 0 Å². The van der Waals surface area contributed by atoms with E-state index in [-0.39, 0.29) is 16.8 Å². The third kappa shape index (κ3) is 4.14. The Labute approximate surface area is 182 Å². The fourth-order valence-electron chi connectivity index (χ4n) is 3.84. The SMILES string of the molecule is CCOc1ccccc1NS(=O)(=O)c1ccc2c(c1)C[C@H](C)N2C(=O)c1ccccc1. The molecule has 1 aliphatic heterocycles. The van der Waals surface area contributed by atoms with Gasteiger partial charge in [0.2, 0.25) is 0 Å². The minimum atomic E-state index is -3.82. The summed E-state index contributed by atoms with van der Waals surface area (Å²) in [5, 5.41) is 0. The normalized spacial score (nSPS) is 15.4. The van der Waals surface area contributed by atoms with Gasteiger partial charge < -0.3 is 9.64 Å². The quantitative estimate of drug-likeness (QED) is 0.618. The van der Waals surface area contributed by atoms with Gasteiger partial charge in [-0.15, -0.1) is 0 Å². The van der Waals surface area contributed by atoms with E-state index in [2.05, 4.69) is 4.72 Å². The molecule has 1 heterocycles. The molecule has 0 spiro atoms. The summed E-state index contributed by atoms with van der Waals surface area (Å²) in [6.45, 7) is 4.24. The average Bonchev–Trinajstić information content (AvgIpc) is 3.10. The molecule has 1 aliphatic rings. The van der Waals surface area contributed by atoms with Gasteiger partial charge in [0, 0.05) is 17.3 Å². The Morgan fingerprint density at radius 1 is 1.06 bits per heavy atom. The second-order valence-electron chi connectivity index (χ2n) is 7.42. The lowest BCUT2D eigenvalue weighted by Crippen LogP contribution is -2.35. The zero-order chi connectivity index (χ0) is 22.0. The molecule has 0 saturated carbocycles. The van der Waals surface area contributed by atoms with E-state index in [4.69, 9.17) is 4.74 Å². The van der Waals surface area contributed by atoms with Gasteiger partial charge in [-0.1, -0.05) is 30.3 Å². The van der Waals surface area contributed by atoms with E-state index >= 15 is 0 Å². The van der Waals surface area contributed by atoms with Gasteiger partial charge in [0.1, 0.15) is 5.75 Å². The van der Waals surface area contributed by atoms with Crippen molar-refractivity contribution >= 4 is 27.3 Å². The lowest BCUT2D eigenvalue weighted by molar-refractivity contribution is 0.0981. The predicted octanol–water partition coefficient (Wildman–Crippen LogP) is 4.48. The average molecular weight is 437 g/mol. The van der Waals surface area contributed by atoms with Crippen molar-refractivity contribution in [3.05, 3.63) is 83.9 Å². The summed E-state index contributed by atoms with van der Waals surface area (Å²) in [5.74, 6) is 0.384. The first-order valence-electron chi connectivity index (χ1n) is 10.2. The highest BCUT2D eigenvalue weighted by Crippen LogP contribution is 2.36. The number of ether oxygens (including phenoxy) is 1. The third-order valence-electron chi connectivity index (χ3n) is 5.25. The Hall–Kier alpha value is -3.32. The monoisotopic (exact) mass is 436 g/mol. The number of carbonyl (C=O) groups excluding carboxylic acids is 1. The van der Waals surface area contributed by atoms with E-state index in [0.717, 1.165) is 11.3 Å². The summed E-state index contributed by atoms with van der Waals surface area (Å²) in [4.78, 5) is 14.9. The number of rotatable bonds is 6. The van der Waals surface area contributed by atoms with Crippen LogP contribution < -0.4 is 14.4 Å². The number of anilines is 2. The zero-order valence-electron chi connectivity index (χ0n) is 17.4. The van der Waals surface area contributed by atoms with Gasteiger partial charge in [-0.2, -0.15) is 0 Å². The van der Waals surface area contributed by atoms with Crippen LogP contribution in [0.1, 0.15) is 29.8 Å². The number of hydrogen-bond donors (Lipinski definition) is 1. The maximum absolute atomic E-state index is 13.0. The summed E-state index contributed by atoms with van der Waals surface area (Å²) in [6, 6.07) is 20.8. The van der Waals surface area contributed by atoms with Gasteiger partial charge in [-0.25, -0.2) is 8.42 Å². The molecule has 0 radical (unpaired) electrons. The first kappa shape index (κ1) is 20.9. The Balaban J connectivity index is 1.63. The molecular formula is C24H24N2O4S. The van der Waals surface area contributed by atoms with Crippen LogP contribution in [0, 0.1) is 0 Å². The Morgan fingerprint density at radius 3 is 2.52 bits per heavy atom. The van der Waals surface area contributed by atoms with E-state index in [1.165, 1.54) is 6.07 Å². The number of nitrogens with one attached hydrogen (secondary N) is 1. The summed E-state index contributed by atoms with van der Waals surface area (Å²) >= 11 is 0. The van der Waals surface area contributed by atoms with Crippen LogP contribution in [0.2, 0.25) is 0 Å². The van der Waals surface area contributed by atoms with Crippen molar-refractivity contribution in [2.75, 3.05) is 16.2 Å². The molecule has 160 valence electrons. The van der Waals surface area contributed by atoms with E-state index in [0.29, 0.717) is 30.0 Å². The number of hydrogen-bond acceptors (Lipinski definition) is 4. The summed E-state index contributed by atoms with van der Waals surface area (Å²) < 4.78 is 34.2. The van der Waals surface area contributed by atoms with Gasteiger partial charge >= 0.3 is 0 Å². The van der Waals surface area contributed by atoms with Crippen molar-refractivity contribution in [2.24, 2.45) is 0 Å². The van der Waals surface area contributed by atoms with Crippen LogP contribution in [0.4, 0.5) is 11.4 Å². The van der Waals surface area contributed by atoms with Crippen LogP contribution in [0.5, 0.6) is 5.75 Å². The molecule has 0 aromatic heterocycles. The molecule has 1 atom stereocenters. The topological polar surface area (TPSA) is 75.7 Å². The van der Waals surface area contributed by atoms with Crippen molar-refractivity contribution in [3.8, 4) is 5.75 Å². The van der Waals surface area contributed by atoms with Gasteiger partial charge in [0.15, 0.2) is 0 Å². The summed E-state index contributed by atoms with van der Waals surface area (Å²) in [7, 11) is -3.82. The summed E-state index contributed by atoms with van der Waals surface area (Å²) in [5.41, 5.74) is 2.57. The second-order valence-corrected chi connectivity index (χ2v) is 9.10. The molecule has 31 heavy (non-hydrogen) atoms. The lowest BCUT2D eigenvalue weighted by Gasteiger charge is -2.23. The minimum absolute atomic E-state index is 0.0627. The number of amides is 1. The predicted molar refractivity (Wildman–Crippen MR) is 121 cm³/mol. The maximum atomic E-state index is 13.0. The Kier molecular flexibility index (Phi) is 5.69. The van der Waals surface area contributed by atoms with Crippen LogP contribution in [0.3, 0.4) is 0 Å². The van der Waals surface area contributed by atoms with Gasteiger partial charge in [0.05, 0.1) is 17.2 Å². The van der Waals surface area contributed by atoms with Crippen molar-refractivity contribution in [3.63, 3.8) is 0 Å². The van der Waals surface area contributed by atoms with E-state index < -0.39 is 10.0 Å².